The maximum absolute atomic E-state index is 12.8. The first-order valence-corrected chi connectivity index (χ1v) is 8.00. The monoisotopic (exact) mass is 358 g/mol. The van der Waals surface area contributed by atoms with E-state index in [1.165, 1.54) is 30.5 Å². The summed E-state index contributed by atoms with van der Waals surface area (Å²) >= 11 is 0.325. The van der Waals surface area contributed by atoms with Crippen LogP contribution < -0.4 is 4.74 Å². The Morgan fingerprint density at radius 1 is 1.42 bits per heavy atom. The first-order chi connectivity index (χ1) is 11.5. The summed E-state index contributed by atoms with van der Waals surface area (Å²) < 4.78 is 36.0. The van der Waals surface area contributed by atoms with Gasteiger partial charge in [-0.3, -0.25) is 0 Å². The highest BCUT2D eigenvalue weighted by molar-refractivity contribution is 7.99. The predicted molar refractivity (Wildman–Crippen MR) is 82.6 cm³/mol. The van der Waals surface area contributed by atoms with E-state index in [-0.39, 0.29) is 35.1 Å². The highest BCUT2D eigenvalue weighted by Crippen LogP contribution is 2.31. The van der Waals surface area contributed by atoms with Crippen molar-refractivity contribution in [2.45, 2.75) is 30.6 Å². The summed E-state index contributed by atoms with van der Waals surface area (Å²) in [4.78, 5) is 12.9. The van der Waals surface area contributed by atoms with Gasteiger partial charge < -0.3 is 14.7 Å². The molecule has 0 aliphatic rings. The van der Waals surface area contributed by atoms with Crippen molar-refractivity contribution in [3.8, 4) is 5.88 Å². The first-order valence-electron chi connectivity index (χ1n) is 7.12. The second-order valence-electron chi connectivity index (χ2n) is 4.66. The Morgan fingerprint density at radius 3 is 2.83 bits per heavy atom. The van der Waals surface area contributed by atoms with Crippen molar-refractivity contribution in [2.75, 3.05) is 6.61 Å². The van der Waals surface area contributed by atoms with Crippen molar-refractivity contribution in [2.24, 2.45) is 0 Å². The van der Waals surface area contributed by atoms with Gasteiger partial charge in [-0.25, -0.2) is 4.79 Å². The first kappa shape index (κ1) is 18.1. The summed E-state index contributed by atoms with van der Waals surface area (Å²) in [6.07, 6.45) is 1.91. The Labute approximate surface area is 141 Å². The summed E-state index contributed by atoms with van der Waals surface area (Å²) in [5.74, 6) is -3.13. The predicted octanol–water partition coefficient (Wildman–Crippen LogP) is 3.58. The zero-order chi connectivity index (χ0) is 17.5. The molecule has 0 bridgehead atoms. The molecule has 2 rings (SSSR count). The molecule has 9 heteroatoms. The molecule has 0 fully saturated rings. The lowest BCUT2D eigenvalue weighted by Crippen LogP contribution is -2.12. The molecule has 1 heterocycles. The van der Waals surface area contributed by atoms with Crippen LogP contribution in [0.5, 0.6) is 5.88 Å². The van der Waals surface area contributed by atoms with Gasteiger partial charge in [0.2, 0.25) is 5.88 Å². The summed E-state index contributed by atoms with van der Waals surface area (Å²) in [5, 5.41) is 12.7. The van der Waals surface area contributed by atoms with Gasteiger partial charge in [0.1, 0.15) is 6.61 Å². The normalized spacial score (nSPS) is 10.8. The molecule has 0 saturated carbocycles. The average Bonchev–Trinajstić information content (AvgIpc) is 2.96. The van der Waals surface area contributed by atoms with E-state index in [1.807, 2.05) is 6.92 Å². The van der Waals surface area contributed by atoms with E-state index in [2.05, 4.69) is 5.10 Å². The van der Waals surface area contributed by atoms with Crippen LogP contribution in [0, 0.1) is 0 Å². The number of hydrogen-bond donors (Lipinski definition) is 1. The maximum Gasteiger partial charge on any atom is 0.338 e. The van der Waals surface area contributed by atoms with Crippen LogP contribution in [-0.2, 0) is 11.3 Å². The maximum atomic E-state index is 12.8. The van der Waals surface area contributed by atoms with Crippen molar-refractivity contribution >= 4 is 17.7 Å². The fourth-order valence-corrected chi connectivity index (χ4v) is 2.57. The lowest BCUT2D eigenvalue weighted by atomic mass is 10.1. The number of alkyl halides is 2. The molecule has 1 N–H and O–H groups in total. The summed E-state index contributed by atoms with van der Waals surface area (Å²) in [6.45, 7) is 1.93. The number of rotatable bonds is 8. The van der Waals surface area contributed by atoms with E-state index in [0.29, 0.717) is 23.0 Å². The van der Waals surface area contributed by atoms with E-state index in [1.54, 1.807) is 0 Å². The topological polar surface area (TPSA) is 73.6 Å². The molecule has 24 heavy (non-hydrogen) atoms. The summed E-state index contributed by atoms with van der Waals surface area (Å²) in [5.41, 5.74) is 0.453. The lowest BCUT2D eigenvalue weighted by molar-refractivity contribution is 0.0501. The number of hydrogen-bond acceptors (Lipinski definition) is 6. The Balaban J connectivity index is 2.26. The molecule has 0 aliphatic heterocycles. The number of thioether (sulfide) groups is 1. The third-order valence-corrected chi connectivity index (χ3v) is 3.74. The third kappa shape index (κ3) is 4.85. The van der Waals surface area contributed by atoms with E-state index in [0.717, 1.165) is 0 Å². The fourth-order valence-electron chi connectivity index (χ4n) is 1.91. The molecule has 0 amide bonds. The molecular weight excluding hydrogens is 342 g/mol. The molecule has 6 nitrogen and oxygen atoms in total. The van der Waals surface area contributed by atoms with Gasteiger partial charge in [-0.15, -0.1) is 4.85 Å². The molecule has 0 atom stereocenters. The molecule has 130 valence electrons. The highest BCUT2D eigenvalue weighted by atomic mass is 32.2. The quantitative estimate of drug-likeness (QED) is 0.442. The van der Waals surface area contributed by atoms with Gasteiger partial charge in [-0.2, -0.15) is 8.78 Å². The molecule has 0 aliphatic carbocycles. The zero-order valence-electron chi connectivity index (χ0n) is 12.8. The number of carbonyl (C=O) groups excluding carboxylic acids is 1. The minimum Gasteiger partial charge on any atom is -0.472 e. The Morgan fingerprint density at radius 2 is 2.21 bits per heavy atom. The summed E-state index contributed by atoms with van der Waals surface area (Å²) in [6, 6.07) is 5.89. The molecule has 2 aromatic rings. The van der Waals surface area contributed by atoms with Crippen LogP contribution >= 0.6 is 11.8 Å². The van der Waals surface area contributed by atoms with E-state index < -0.39 is 11.7 Å². The molecule has 0 unspecified atom stereocenters. The van der Waals surface area contributed by atoms with E-state index in [9.17, 15) is 13.6 Å². The van der Waals surface area contributed by atoms with Gasteiger partial charge in [-0.05, 0) is 18.6 Å². The molecule has 0 spiro atoms. The molecule has 1 aromatic heterocycles. The minimum atomic E-state index is -2.64. The van der Waals surface area contributed by atoms with Gasteiger partial charge in [0.15, 0.2) is 0 Å². The highest BCUT2D eigenvalue weighted by Gasteiger charge is 2.19. The number of benzene rings is 1. The molecule has 0 saturated heterocycles. The van der Waals surface area contributed by atoms with Crippen LogP contribution in [0.1, 0.15) is 29.3 Å². The second-order valence-corrected chi connectivity index (χ2v) is 5.69. The van der Waals surface area contributed by atoms with E-state index >= 15 is 0 Å². The summed E-state index contributed by atoms with van der Waals surface area (Å²) in [7, 11) is 0. The van der Waals surface area contributed by atoms with Crippen LogP contribution in [0.4, 0.5) is 8.78 Å². The standard InChI is InChI=1S/C15H16F2N2O4S/c1-2-8-22-14(20)10-4-3-5-12(24-15(16)17)11(10)9-23-13-6-7-19(21)18-13/h3-7,15,21H,2,8-9H2,1H3. The van der Waals surface area contributed by atoms with Gasteiger partial charge in [-0.1, -0.05) is 29.9 Å². The van der Waals surface area contributed by atoms with Crippen LogP contribution in [0.25, 0.3) is 0 Å². The number of ether oxygens (including phenoxy) is 2. The van der Waals surface area contributed by atoms with Gasteiger partial charge >= 0.3 is 5.97 Å². The van der Waals surface area contributed by atoms with Crippen molar-refractivity contribution in [3.05, 3.63) is 41.6 Å². The van der Waals surface area contributed by atoms with Gasteiger partial charge in [0.05, 0.1) is 18.4 Å². The van der Waals surface area contributed by atoms with Crippen molar-refractivity contribution in [1.82, 2.24) is 9.94 Å². The third-order valence-electron chi connectivity index (χ3n) is 2.92. The lowest BCUT2D eigenvalue weighted by Gasteiger charge is -2.14. The van der Waals surface area contributed by atoms with Crippen molar-refractivity contribution < 1.29 is 28.3 Å². The average molecular weight is 358 g/mol. The zero-order valence-corrected chi connectivity index (χ0v) is 13.6. The molecule has 0 radical (unpaired) electrons. The van der Waals surface area contributed by atoms with Crippen LogP contribution in [-0.4, -0.2) is 33.5 Å². The van der Waals surface area contributed by atoms with Crippen molar-refractivity contribution in [1.29, 1.82) is 0 Å². The van der Waals surface area contributed by atoms with E-state index in [4.69, 9.17) is 14.7 Å². The number of nitrogens with zero attached hydrogens (tertiary/aromatic N) is 2. The fraction of sp³-hybridized carbons (Fsp3) is 0.333. The SMILES string of the molecule is CCCOC(=O)c1cccc(SC(F)F)c1COc1ccn(O)n1. The van der Waals surface area contributed by atoms with Crippen molar-refractivity contribution in [3.63, 3.8) is 0 Å². The van der Waals surface area contributed by atoms with Gasteiger partial charge in [0.25, 0.3) is 5.76 Å². The Hall–Kier alpha value is -2.29. The Bertz CT molecular complexity index is 694. The second kappa shape index (κ2) is 8.53. The largest absolute Gasteiger partial charge is 0.472 e. The van der Waals surface area contributed by atoms with Gasteiger partial charge in [0, 0.05) is 16.5 Å². The van der Waals surface area contributed by atoms with Crippen LogP contribution in [0.3, 0.4) is 0 Å². The van der Waals surface area contributed by atoms with Crippen LogP contribution in [0.2, 0.25) is 0 Å². The van der Waals surface area contributed by atoms with Crippen LogP contribution in [0.15, 0.2) is 35.4 Å². The molecule has 1 aromatic carbocycles. The number of halogens is 2. The minimum absolute atomic E-state index is 0.0993. The molecular formula is C15H16F2N2O4S. The smallest absolute Gasteiger partial charge is 0.338 e. The Kier molecular flexibility index (Phi) is 6.42. The number of esters is 1. The number of carbonyl (C=O) groups is 1. The number of aromatic nitrogens is 2.